The van der Waals surface area contributed by atoms with Crippen molar-refractivity contribution in [2.24, 2.45) is 0 Å². The maximum absolute atomic E-state index is 12.8. The van der Waals surface area contributed by atoms with E-state index in [9.17, 15) is 4.79 Å². The van der Waals surface area contributed by atoms with Crippen molar-refractivity contribution in [3.8, 4) is 11.5 Å². The fraction of sp³-hybridized carbons (Fsp3) is 0.250. The third-order valence-electron chi connectivity index (χ3n) is 5.41. The van der Waals surface area contributed by atoms with Gasteiger partial charge in [0.05, 0.1) is 12.2 Å². The van der Waals surface area contributed by atoms with Gasteiger partial charge in [-0.25, -0.2) is 9.67 Å². The molecule has 0 aliphatic heterocycles. The molecule has 0 unspecified atom stereocenters. The van der Waals surface area contributed by atoms with E-state index in [1.54, 1.807) is 4.68 Å². The van der Waals surface area contributed by atoms with Gasteiger partial charge in [0.15, 0.2) is 5.69 Å². The Morgan fingerprint density at radius 3 is 2.58 bits per heavy atom. The number of aryl methyl sites for hydroxylation is 3. The fourth-order valence-corrected chi connectivity index (χ4v) is 3.50. The highest BCUT2D eigenvalue weighted by Gasteiger charge is 2.20. The molecule has 2 heterocycles. The molecule has 4 rings (SSSR count). The molecule has 158 valence electrons. The summed E-state index contributed by atoms with van der Waals surface area (Å²) < 4.78 is 7.57. The molecule has 4 aromatic rings. The highest BCUT2D eigenvalue weighted by Crippen LogP contribution is 2.25. The minimum atomic E-state index is -0.276. The summed E-state index contributed by atoms with van der Waals surface area (Å²) in [5.41, 5.74) is 5.65. The average molecular weight is 415 g/mol. The first-order valence-corrected chi connectivity index (χ1v) is 10.3. The van der Waals surface area contributed by atoms with Crippen LogP contribution in [0.5, 0.6) is 0 Å². The van der Waals surface area contributed by atoms with Crippen LogP contribution in [0.4, 0.5) is 5.69 Å². The Morgan fingerprint density at radius 1 is 1.06 bits per heavy atom. The molecular formula is C24H25N5O2. The molecular weight excluding hydrogens is 390 g/mol. The summed E-state index contributed by atoms with van der Waals surface area (Å²) in [6.07, 6.45) is 0.830. The van der Waals surface area contributed by atoms with E-state index in [0.29, 0.717) is 23.8 Å². The molecule has 7 heteroatoms. The number of hydrogen-bond acceptors (Lipinski definition) is 5. The van der Waals surface area contributed by atoms with Crippen molar-refractivity contribution in [2.45, 2.75) is 40.7 Å². The van der Waals surface area contributed by atoms with Crippen molar-refractivity contribution < 1.29 is 9.21 Å². The summed E-state index contributed by atoms with van der Waals surface area (Å²) >= 11 is 0. The van der Waals surface area contributed by atoms with Crippen LogP contribution in [0.3, 0.4) is 0 Å². The average Bonchev–Trinajstić information content (AvgIpc) is 3.31. The molecule has 7 nitrogen and oxygen atoms in total. The van der Waals surface area contributed by atoms with Crippen LogP contribution in [0.2, 0.25) is 0 Å². The van der Waals surface area contributed by atoms with E-state index in [-0.39, 0.29) is 5.91 Å². The SMILES string of the molecule is CCc1ccccc1NC(=O)c1nnn(Cc2nc(-c3ccccc3C)oc2C)c1C. The number of anilines is 1. The number of amides is 1. The summed E-state index contributed by atoms with van der Waals surface area (Å²) in [6, 6.07) is 15.7. The molecule has 0 radical (unpaired) electrons. The topological polar surface area (TPSA) is 85.8 Å². The molecule has 2 aromatic heterocycles. The molecule has 0 saturated heterocycles. The lowest BCUT2D eigenvalue weighted by molar-refractivity contribution is 0.102. The third kappa shape index (κ3) is 4.12. The lowest BCUT2D eigenvalue weighted by atomic mass is 10.1. The van der Waals surface area contributed by atoms with Crippen molar-refractivity contribution in [1.29, 1.82) is 0 Å². The molecule has 0 saturated carbocycles. The zero-order valence-corrected chi connectivity index (χ0v) is 18.1. The van der Waals surface area contributed by atoms with Crippen LogP contribution in [0.1, 0.15) is 45.7 Å². The van der Waals surface area contributed by atoms with Crippen LogP contribution in [0, 0.1) is 20.8 Å². The van der Waals surface area contributed by atoms with E-state index in [4.69, 9.17) is 4.42 Å². The fourth-order valence-electron chi connectivity index (χ4n) is 3.50. The Bertz CT molecular complexity index is 1240. The van der Waals surface area contributed by atoms with E-state index in [1.165, 1.54) is 0 Å². The number of rotatable bonds is 6. The van der Waals surface area contributed by atoms with Gasteiger partial charge in [0.2, 0.25) is 5.89 Å². The Morgan fingerprint density at radius 2 is 1.81 bits per heavy atom. The lowest BCUT2D eigenvalue weighted by Crippen LogP contribution is -2.15. The summed E-state index contributed by atoms with van der Waals surface area (Å²) in [7, 11) is 0. The molecule has 2 aromatic carbocycles. The number of carbonyl (C=O) groups is 1. The predicted molar refractivity (Wildman–Crippen MR) is 119 cm³/mol. The number of carbonyl (C=O) groups excluding carboxylic acids is 1. The summed E-state index contributed by atoms with van der Waals surface area (Å²) in [5, 5.41) is 11.2. The zero-order valence-electron chi connectivity index (χ0n) is 18.1. The molecule has 0 aliphatic rings. The van der Waals surface area contributed by atoms with Crippen LogP contribution in [0.25, 0.3) is 11.5 Å². The Kier molecular flexibility index (Phi) is 5.66. The van der Waals surface area contributed by atoms with Crippen molar-refractivity contribution in [3.05, 3.63) is 82.5 Å². The maximum Gasteiger partial charge on any atom is 0.278 e. The van der Waals surface area contributed by atoms with E-state index < -0.39 is 0 Å². The first-order valence-electron chi connectivity index (χ1n) is 10.3. The van der Waals surface area contributed by atoms with Gasteiger partial charge in [-0.1, -0.05) is 48.5 Å². The number of oxazole rings is 1. The summed E-state index contributed by atoms with van der Waals surface area (Å²) in [6.45, 7) is 8.17. The molecule has 0 bridgehead atoms. The van der Waals surface area contributed by atoms with Crippen LogP contribution in [-0.2, 0) is 13.0 Å². The van der Waals surface area contributed by atoms with Gasteiger partial charge in [-0.2, -0.15) is 0 Å². The molecule has 0 fully saturated rings. The molecule has 0 atom stereocenters. The zero-order chi connectivity index (χ0) is 22.0. The van der Waals surface area contributed by atoms with Gasteiger partial charge in [-0.15, -0.1) is 5.10 Å². The van der Waals surface area contributed by atoms with Crippen molar-refractivity contribution in [3.63, 3.8) is 0 Å². The number of hydrogen-bond donors (Lipinski definition) is 1. The monoisotopic (exact) mass is 415 g/mol. The van der Waals surface area contributed by atoms with Gasteiger partial charge >= 0.3 is 0 Å². The number of aromatic nitrogens is 4. The van der Waals surface area contributed by atoms with Crippen LogP contribution in [-0.4, -0.2) is 25.9 Å². The maximum atomic E-state index is 12.8. The summed E-state index contributed by atoms with van der Waals surface area (Å²) in [4.78, 5) is 17.5. The van der Waals surface area contributed by atoms with E-state index >= 15 is 0 Å². The number of nitrogens with one attached hydrogen (secondary N) is 1. The van der Waals surface area contributed by atoms with E-state index in [0.717, 1.165) is 40.3 Å². The van der Waals surface area contributed by atoms with Crippen LogP contribution in [0.15, 0.2) is 52.9 Å². The second kappa shape index (κ2) is 8.55. The Hall–Kier alpha value is -3.74. The number of benzene rings is 2. The van der Waals surface area contributed by atoms with Crippen molar-refractivity contribution >= 4 is 11.6 Å². The highest BCUT2D eigenvalue weighted by molar-refractivity contribution is 6.03. The number of nitrogens with zero attached hydrogens (tertiary/aromatic N) is 4. The third-order valence-corrected chi connectivity index (χ3v) is 5.41. The summed E-state index contributed by atoms with van der Waals surface area (Å²) in [5.74, 6) is 1.02. The predicted octanol–water partition coefficient (Wildman–Crippen LogP) is 4.72. The minimum absolute atomic E-state index is 0.276. The van der Waals surface area contributed by atoms with Crippen molar-refractivity contribution in [1.82, 2.24) is 20.0 Å². The standard InChI is InChI=1S/C24H25N5O2/c1-5-18-11-7-9-13-20(18)25-23(30)22-16(3)29(28-27-22)14-21-17(4)31-24(26-21)19-12-8-6-10-15(19)2/h6-13H,5,14H2,1-4H3,(H,25,30). The lowest BCUT2D eigenvalue weighted by Gasteiger charge is -2.08. The van der Waals surface area contributed by atoms with Crippen LogP contribution < -0.4 is 5.32 Å². The highest BCUT2D eigenvalue weighted by atomic mass is 16.4. The second-order valence-electron chi connectivity index (χ2n) is 7.48. The smallest absolute Gasteiger partial charge is 0.278 e. The van der Waals surface area contributed by atoms with Gasteiger partial charge < -0.3 is 9.73 Å². The van der Waals surface area contributed by atoms with Crippen molar-refractivity contribution in [2.75, 3.05) is 5.32 Å². The van der Waals surface area contributed by atoms with E-state index in [2.05, 4.69) is 27.5 Å². The second-order valence-corrected chi connectivity index (χ2v) is 7.48. The Labute approximate surface area is 181 Å². The van der Waals surface area contributed by atoms with Gasteiger partial charge in [0, 0.05) is 11.3 Å². The molecule has 31 heavy (non-hydrogen) atoms. The minimum Gasteiger partial charge on any atom is -0.441 e. The van der Waals surface area contributed by atoms with Gasteiger partial charge in [0.1, 0.15) is 11.5 Å². The largest absolute Gasteiger partial charge is 0.441 e. The first kappa shape index (κ1) is 20.5. The van der Waals surface area contributed by atoms with Crippen LogP contribution >= 0.6 is 0 Å². The molecule has 1 N–H and O–H groups in total. The molecule has 0 spiro atoms. The Balaban J connectivity index is 1.55. The van der Waals surface area contributed by atoms with Gasteiger partial charge in [0.25, 0.3) is 5.91 Å². The number of para-hydroxylation sites is 1. The van der Waals surface area contributed by atoms with Gasteiger partial charge in [-0.05, 0) is 50.5 Å². The first-order chi connectivity index (χ1) is 15.0. The molecule has 0 aliphatic carbocycles. The quantitative estimate of drug-likeness (QED) is 0.492. The van der Waals surface area contributed by atoms with Gasteiger partial charge in [-0.3, -0.25) is 4.79 Å². The van der Waals surface area contributed by atoms with E-state index in [1.807, 2.05) is 69.3 Å². The molecule has 1 amide bonds. The normalized spacial score (nSPS) is 11.0.